The summed E-state index contributed by atoms with van der Waals surface area (Å²) >= 11 is 0. The van der Waals surface area contributed by atoms with Crippen LogP contribution in [0.2, 0.25) is 0 Å². The van der Waals surface area contributed by atoms with Gasteiger partial charge in [-0.2, -0.15) is 0 Å². The van der Waals surface area contributed by atoms with E-state index in [-0.39, 0.29) is 17.1 Å². The Labute approximate surface area is 148 Å². The molecule has 2 aromatic carbocycles. The van der Waals surface area contributed by atoms with Crippen molar-refractivity contribution in [3.05, 3.63) is 68.5 Å². The fraction of sp³-hybridized carbons (Fsp3) is 0.235. The van der Waals surface area contributed by atoms with Crippen LogP contribution in [-0.2, 0) is 13.0 Å². The fourth-order valence-corrected chi connectivity index (χ4v) is 2.91. The fourth-order valence-electron chi connectivity index (χ4n) is 2.91. The lowest BCUT2D eigenvalue weighted by Crippen LogP contribution is -2.11. The highest BCUT2D eigenvalue weighted by Gasteiger charge is 2.19. The highest BCUT2D eigenvalue weighted by atomic mass is 16.6. The molecule has 0 fully saturated rings. The van der Waals surface area contributed by atoms with Crippen LogP contribution in [0.5, 0.6) is 0 Å². The van der Waals surface area contributed by atoms with Crippen LogP contribution >= 0.6 is 0 Å². The van der Waals surface area contributed by atoms with Crippen LogP contribution in [0.4, 0.5) is 17.1 Å². The van der Waals surface area contributed by atoms with Gasteiger partial charge in [0.1, 0.15) is 11.5 Å². The number of aryl methyl sites for hydroxylation is 1. The highest BCUT2D eigenvalue weighted by Crippen LogP contribution is 2.29. The van der Waals surface area contributed by atoms with Gasteiger partial charge in [0.2, 0.25) is 0 Å². The van der Waals surface area contributed by atoms with Crippen LogP contribution in [0.1, 0.15) is 12.7 Å². The van der Waals surface area contributed by atoms with Crippen molar-refractivity contribution in [3.63, 3.8) is 0 Å². The number of hydrogen-bond acceptors (Lipinski definition) is 6. The van der Waals surface area contributed by atoms with Gasteiger partial charge in [0.15, 0.2) is 0 Å². The predicted molar refractivity (Wildman–Crippen MR) is 97.4 cm³/mol. The minimum absolute atomic E-state index is 0.250. The molecule has 134 valence electrons. The summed E-state index contributed by atoms with van der Waals surface area (Å²) in [5, 5.41) is 25.0. The summed E-state index contributed by atoms with van der Waals surface area (Å²) in [6.07, 6.45) is 0.566. The first-order valence-electron chi connectivity index (χ1n) is 8.12. The van der Waals surface area contributed by atoms with Gasteiger partial charge in [-0.05, 0) is 25.1 Å². The third kappa shape index (κ3) is 3.32. The average molecular weight is 355 g/mol. The summed E-state index contributed by atoms with van der Waals surface area (Å²) in [4.78, 5) is 25.3. The number of rotatable bonds is 7. The molecule has 0 unspecified atom stereocenters. The lowest BCUT2D eigenvalue weighted by Gasteiger charge is -2.08. The number of non-ortho nitro benzene ring substituents is 1. The predicted octanol–water partition coefficient (Wildman–Crippen LogP) is 3.53. The van der Waals surface area contributed by atoms with Crippen molar-refractivity contribution in [3.8, 4) is 0 Å². The van der Waals surface area contributed by atoms with Crippen LogP contribution in [0.3, 0.4) is 0 Å². The molecule has 1 heterocycles. The Morgan fingerprint density at radius 1 is 1.12 bits per heavy atom. The summed E-state index contributed by atoms with van der Waals surface area (Å²) in [5.41, 5.74) is 1.58. The number of nitrogens with zero attached hydrogens (tertiary/aromatic N) is 4. The molecular weight excluding hydrogens is 338 g/mol. The molecule has 0 aliphatic carbocycles. The Bertz CT molecular complexity index is 982. The van der Waals surface area contributed by atoms with E-state index in [4.69, 9.17) is 0 Å². The maximum atomic E-state index is 11.2. The number of imidazole rings is 1. The van der Waals surface area contributed by atoms with E-state index in [2.05, 4.69) is 14.9 Å². The Morgan fingerprint density at radius 3 is 2.58 bits per heavy atom. The summed E-state index contributed by atoms with van der Waals surface area (Å²) in [6.45, 7) is 3.22. The Kier molecular flexibility index (Phi) is 4.78. The monoisotopic (exact) mass is 355 g/mol. The van der Waals surface area contributed by atoms with Crippen molar-refractivity contribution in [1.29, 1.82) is 0 Å². The van der Waals surface area contributed by atoms with E-state index in [1.165, 1.54) is 12.1 Å². The van der Waals surface area contributed by atoms with Gasteiger partial charge in [-0.1, -0.05) is 12.1 Å². The minimum Gasteiger partial charge on any atom is -0.379 e. The van der Waals surface area contributed by atoms with Crippen molar-refractivity contribution in [1.82, 2.24) is 9.55 Å². The second-order valence-electron chi connectivity index (χ2n) is 5.65. The normalized spacial score (nSPS) is 10.8. The van der Waals surface area contributed by atoms with Crippen molar-refractivity contribution < 1.29 is 9.85 Å². The van der Waals surface area contributed by atoms with Gasteiger partial charge in [-0.3, -0.25) is 20.2 Å². The number of hydrogen-bond donors (Lipinski definition) is 1. The Morgan fingerprint density at radius 2 is 1.88 bits per heavy atom. The number of benzene rings is 2. The first-order chi connectivity index (χ1) is 12.5. The van der Waals surface area contributed by atoms with Crippen molar-refractivity contribution in [2.24, 2.45) is 0 Å². The standard InChI is InChI=1S/C17H17N5O4/c1-2-20-15-6-4-3-5-14(15)19-17(20)9-10-18-13-8-7-12(21(23)24)11-16(13)22(25)26/h3-8,11,18H,2,9-10H2,1H3. The van der Waals surface area contributed by atoms with E-state index in [1.807, 2.05) is 31.2 Å². The van der Waals surface area contributed by atoms with Crippen LogP contribution in [0.15, 0.2) is 42.5 Å². The SMILES string of the molecule is CCn1c(CCNc2ccc([N+](=O)[O-])cc2[N+](=O)[O-])nc2ccccc21. The maximum Gasteiger partial charge on any atom is 0.299 e. The van der Waals surface area contributed by atoms with Gasteiger partial charge >= 0.3 is 0 Å². The van der Waals surface area contributed by atoms with Crippen molar-refractivity contribution in [2.45, 2.75) is 19.9 Å². The average Bonchev–Trinajstić information content (AvgIpc) is 2.98. The number of anilines is 1. The van der Waals surface area contributed by atoms with Gasteiger partial charge in [0.25, 0.3) is 11.4 Å². The van der Waals surface area contributed by atoms with Crippen LogP contribution in [0, 0.1) is 20.2 Å². The molecule has 0 bridgehead atoms. The molecule has 3 aromatic rings. The molecule has 0 aliphatic heterocycles. The van der Waals surface area contributed by atoms with Crippen LogP contribution in [-0.4, -0.2) is 25.9 Å². The zero-order valence-electron chi connectivity index (χ0n) is 14.1. The second kappa shape index (κ2) is 7.18. The highest BCUT2D eigenvalue weighted by molar-refractivity contribution is 5.76. The summed E-state index contributed by atoms with van der Waals surface area (Å²) in [5.74, 6) is 0.880. The largest absolute Gasteiger partial charge is 0.379 e. The van der Waals surface area contributed by atoms with Crippen molar-refractivity contribution >= 4 is 28.1 Å². The third-order valence-electron chi connectivity index (χ3n) is 4.10. The van der Waals surface area contributed by atoms with Crippen LogP contribution < -0.4 is 5.32 Å². The quantitative estimate of drug-likeness (QED) is 0.512. The summed E-state index contributed by atoms with van der Waals surface area (Å²) in [6, 6.07) is 11.4. The number of fused-ring (bicyclic) bond motifs is 1. The molecule has 9 nitrogen and oxygen atoms in total. The topological polar surface area (TPSA) is 116 Å². The minimum atomic E-state index is -0.652. The van der Waals surface area contributed by atoms with Crippen molar-refractivity contribution in [2.75, 3.05) is 11.9 Å². The van der Waals surface area contributed by atoms with Gasteiger partial charge in [-0.15, -0.1) is 0 Å². The first-order valence-corrected chi connectivity index (χ1v) is 8.12. The lowest BCUT2D eigenvalue weighted by molar-refractivity contribution is -0.393. The van der Waals surface area contributed by atoms with E-state index in [9.17, 15) is 20.2 Å². The molecule has 0 aliphatic rings. The van der Waals surface area contributed by atoms with E-state index in [1.54, 1.807) is 0 Å². The Hall–Kier alpha value is -3.49. The first kappa shape index (κ1) is 17.3. The maximum absolute atomic E-state index is 11.2. The second-order valence-corrected chi connectivity index (χ2v) is 5.65. The zero-order valence-corrected chi connectivity index (χ0v) is 14.1. The third-order valence-corrected chi connectivity index (χ3v) is 4.10. The van der Waals surface area contributed by atoms with E-state index < -0.39 is 9.85 Å². The van der Waals surface area contributed by atoms with Gasteiger partial charge in [0.05, 0.1) is 26.9 Å². The molecule has 0 saturated carbocycles. The number of nitro groups is 2. The number of nitrogens with one attached hydrogen (secondary N) is 1. The summed E-state index contributed by atoms with van der Waals surface area (Å²) < 4.78 is 2.10. The van der Waals surface area contributed by atoms with Gasteiger partial charge in [-0.25, -0.2) is 4.98 Å². The molecule has 0 amide bonds. The molecule has 3 rings (SSSR count). The summed E-state index contributed by atoms with van der Waals surface area (Å²) in [7, 11) is 0. The Balaban J connectivity index is 1.78. The number of aromatic nitrogens is 2. The molecule has 1 aromatic heterocycles. The van der Waals surface area contributed by atoms with Gasteiger partial charge in [0, 0.05) is 25.6 Å². The van der Waals surface area contributed by atoms with Crippen LogP contribution in [0.25, 0.3) is 11.0 Å². The number of para-hydroxylation sites is 2. The lowest BCUT2D eigenvalue weighted by atomic mass is 10.2. The molecular formula is C17H17N5O4. The molecule has 0 saturated heterocycles. The molecule has 26 heavy (non-hydrogen) atoms. The molecule has 0 radical (unpaired) electrons. The number of nitro benzene ring substituents is 2. The molecule has 0 spiro atoms. The van der Waals surface area contributed by atoms with E-state index >= 15 is 0 Å². The zero-order chi connectivity index (χ0) is 18.7. The molecule has 0 atom stereocenters. The van der Waals surface area contributed by atoms with Gasteiger partial charge < -0.3 is 9.88 Å². The molecule has 9 heteroatoms. The van der Waals surface area contributed by atoms with E-state index in [0.29, 0.717) is 13.0 Å². The van der Waals surface area contributed by atoms with E-state index in [0.717, 1.165) is 29.5 Å². The smallest absolute Gasteiger partial charge is 0.299 e. The molecule has 1 N–H and O–H groups in total.